The van der Waals surface area contributed by atoms with Crippen molar-refractivity contribution in [3.63, 3.8) is 0 Å². The summed E-state index contributed by atoms with van der Waals surface area (Å²) in [4.78, 5) is 0. The second-order valence-corrected chi connectivity index (χ2v) is 6.20. The van der Waals surface area contributed by atoms with Crippen molar-refractivity contribution in [2.24, 2.45) is 11.3 Å². The molecule has 1 N–H and O–H groups in total. The van der Waals surface area contributed by atoms with Gasteiger partial charge in [-0.05, 0) is 37.1 Å². The van der Waals surface area contributed by atoms with Crippen LogP contribution in [0.5, 0.6) is 0 Å². The third-order valence-corrected chi connectivity index (χ3v) is 3.33. The molecule has 108 valence electrons. The lowest BCUT2D eigenvalue weighted by atomic mass is 9.79. The van der Waals surface area contributed by atoms with Crippen LogP contribution in [0.25, 0.3) is 0 Å². The number of alkyl halides is 3. The van der Waals surface area contributed by atoms with Gasteiger partial charge in [0.15, 0.2) is 0 Å². The first-order chi connectivity index (χ1) is 8.18. The molecule has 1 unspecified atom stereocenters. The topological polar surface area (TPSA) is 21.3 Å². The predicted molar refractivity (Wildman–Crippen MR) is 65.5 cm³/mol. The van der Waals surface area contributed by atoms with E-state index in [1.807, 2.05) is 0 Å². The lowest BCUT2D eigenvalue weighted by Crippen LogP contribution is -2.34. The van der Waals surface area contributed by atoms with E-state index in [4.69, 9.17) is 4.74 Å². The summed E-state index contributed by atoms with van der Waals surface area (Å²) >= 11 is 0. The van der Waals surface area contributed by atoms with Gasteiger partial charge in [0, 0.05) is 12.6 Å². The van der Waals surface area contributed by atoms with Gasteiger partial charge in [0.25, 0.3) is 0 Å². The molecule has 0 radical (unpaired) electrons. The number of nitrogens with one attached hydrogen (secondary N) is 1. The molecule has 2 nitrogen and oxygen atoms in total. The van der Waals surface area contributed by atoms with Crippen LogP contribution < -0.4 is 5.32 Å². The van der Waals surface area contributed by atoms with Crippen molar-refractivity contribution in [1.82, 2.24) is 5.32 Å². The largest absolute Gasteiger partial charge is 0.411 e. The Kier molecular flexibility index (Phi) is 5.46. The average molecular weight is 267 g/mol. The van der Waals surface area contributed by atoms with Crippen molar-refractivity contribution < 1.29 is 17.9 Å². The molecule has 0 aromatic rings. The normalized spacial score (nSPS) is 19.0. The fourth-order valence-corrected chi connectivity index (χ4v) is 1.85. The Bertz CT molecular complexity index is 244. The smallest absolute Gasteiger partial charge is 0.372 e. The molecule has 5 heteroatoms. The van der Waals surface area contributed by atoms with E-state index in [0.29, 0.717) is 18.4 Å². The van der Waals surface area contributed by atoms with Crippen LogP contribution in [0.2, 0.25) is 0 Å². The van der Waals surface area contributed by atoms with E-state index in [2.05, 4.69) is 26.1 Å². The maximum absolute atomic E-state index is 11.9. The van der Waals surface area contributed by atoms with Crippen molar-refractivity contribution in [3.8, 4) is 0 Å². The van der Waals surface area contributed by atoms with Crippen LogP contribution in [0.3, 0.4) is 0 Å². The number of halogens is 3. The third-order valence-electron chi connectivity index (χ3n) is 3.33. The van der Waals surface area contributed by atoms with Crippen LogP contribution in [0, 0.1) is 11.3 Å². The van der Waals surface area contributed by atoms with Gasteiger partial charge >= 0.3 is 6.18 Å². The molecule has 0 aromatic heterocycles. The lowest BCUT2D eigenvalue weighted by molar-refractivity contribution is -0.175. The molecule has 1 rings (SSSR count). The van der Waals surface area contributed by atoms with Crippen LogP contribution in [-0.4, -0.2) is 32.0 Å². The highest BCUT2D eigenvalue weighted by molar-refractivity contribution is 4.84. The highest BCUT2D eigenvalue weighted by Gasteiger charge is 2.30. The van der Waals surface area contributed by atoms with Crippen LogP contribution in [0.1, 0.15) is 40.0 Å². The molecule has 1 saturated carbocycles. The molecule has 0 aromatic carbocycles. The second kappa shape index (κ2) is 6.24. The molecule has 0 bridgehead atoms. The zero-order chi connectivity index (χ0) is 13.8. The fraction of sp³-hybridized carbons (Fsp3) is 1.00. The molecule has 1 aliphatic rings. The Morgan fingerprint density at radius 2 is 1.83 bits per heavy atom. The maximum Gasteiger partial charge on any atom is 0.411 e. The fourth-order valence-electron chi connectivity index (χ4n) is 1.85. The van der Waals surface area contributed by atoms with E-state index >= 15 is 0 Å². The van der Waals surface area contributed by atoms with Gasteiger partial charge in [0.05, 0.1) is 0 Å². The number of rotatable bonds is 7. The van der Waals surface area contributed by atoms with Crippen molar-refractivity contribution in [1.29, 1.82) is 0 Å². The van der Waals surface area contributed by atoms with Crippen molar-refractivity contribution in [3.05, 3.63) is 0 Å². The molecule has 1 fully saturated rings. The zero-order valence-electron chi connectivity index (χ0n) is 11.4. The first-order valence-corrected chi connectivity index (χ1v) is 6.56. The second-order valence-electron chi connectivity index (χ2n) is 6.20. The average Bonchev–Trinajstić information content (AvgIpc) is 2.96. The number of hydrogen-bond donors (Lipinski definition) is 1. The predicted octanol–water partition coefficient (Wildman–Crippen LogP) is 3.37. The molecular weight excluding hydrogens is 243 g/mol. The van der Waals surface area contributed by atoms with E-state index < -0.39 is 12.8 Å². The molecular formula is C13H24F3NO. The number of ether oxygens (including phenoxy) is 1. The van der Waals surface area contributed by atoms with Gasteiger partial charge in [0.1, 0.15) is 6.61 Å². The number of hydrogen-bond acceptors (Lipinski definition) is 2. The summed E-state index contributed by atoms with van der Waals surface area (Å²) in [7, 11) is 0. The SMILES string of the molecule is CC(C)(C)C(CCOCC(F)(F)F)CNC1CC1. The zero-order valence-corrected chi connectivity index (χ0v) is 11.4. The van der Waals surface area contributed by atoms with E-state index in [1.165, 1.54) is 12.8 Å². The van der Waals surface area contributed by atoms with E-state index in [0.717, 1.165) is 6.54 Å². The van der Waals surface area contributed by atoms with Gasteiger partial charge < -0.3 is 10.1 Å². The molecule has 1 aliphatic carbocycles. The summed E-state index contributed by atoms with van der Waals surface area (Å²) in [5.74, 6) is 0.339. The Morgan fingerprint density at radius 1 is 1.22 bits per heavy atom. The first kappa shape index (κ1) is 15.8. The Morgan fingerprint density at radius 3 is 2.28 bits per heavy atom. The van der Waals surface area contributed by atoms with Gasteiger partial charge in [-0.15, -0.1) is 0 Å². The maximum atomic E-state index is 11.9. The summed E-state index contributed by atoms with van der Waals surface area (Å²) in [6.07, 6.45) is -1.11. The van der Waals surface area contributed by atoms with E-state index in [1.54, 1.807) is 0 Å². The van der Waals surface area contributed by atoms with Crippen LogP contribution >= 0.6 is 0 Å². The third kappa shape index (κ3) is 7.21. The Labute approximate surface area is 107 Å². The van der Waals surface area contributed by atoms with Gasteiger partial charge in [0.2, 0.25) is 0 Å². The molecule has 1 atom stereocenters. The monoisotopic (exact) mass is 267 g/mol. The van der Waals surface area contributed by atoms with Gasteiger partial charge in [-0.1, -0.05) is 20.8 Å². The molecule has 0 aliphatic heterocycles. The first-order valence-electron chi connectivity index (χ1n) is 6.56. The van der Waals surface area contributed by atoms with Gasteiger partial charge in [-0.2, -0.15) is 13.2 Å². The summed E-state index contributed by atoms with van der Waals surface area (Å²) in [6, 6.07) is 0.631. The van der Waals surface area contributed by atoms with Crippen molar-refractivity contribution in [2.45, 2.75) is 52.3 Å². The highest BCUT2D eigenvalue weighted by Crippen LogP contribution is 2.29. The van der Waals surface area contributed by atoms with Gasteiger partial charge in [-0.25, -0.2) is 0 Å². The minimum Gasteiger partial charge on any atom is -0.372 e. The molecule has 0 saturated heterocycles. The summed E-state index contributed by atoms with van der Waals surface area (Å²) < 4.78 is 40.5. The molecule has 0 spiro atoms. The van der Waals surface area contributed by atoms with Crippen molar-refractivity contribution in [2.75, 3.05) is 19.8 Å². The van der Waals surface area contributed by atoms with E-state index in [-0.39, 0.29) is 12.0 Å². The van der Waals surface area contributed by atoms with Crippen molar-refractivity contribution >= 4 is 0 Å². The molecule has 18 heavy (non-hydrogen) atoms. The molecule has 0 heterocycles. The quantitative estimate of drug-likeness (QED) is 0.714. The van der Waals surface area contributed by atoms with Crippen LogP contribution in [0.4, 0.5) is 13.2 Å². The minimum atomic E-state index is -4.22. The molecule has 0 amide bonds. The Balaban J connectivity index is 2.22. The summed E-state index contributed by atoms with van der Waals surface area (Å²) in [6.45, 7) is 6.26. The summed E-state index contributed by atoms with van der Waals surface area (Å²) in [5.41, 5.74) is 0.0868. The van der Waals surface area contributed by atoms with E-state index in [9.17, 15) is 13.2 Å². The Hall–Kier alpha value is -0.290. The van der Waals surface area contributed by atoms with Crippen LogP contribution in [0.15, 0.2) is 0 Å². The highest BCUT2D eigenvalue weighted by atomic mass is 19.4. The van der Waals surface area contributed by atoms with Crippen LogP contribution in [-0.2, 0) is 4.74 Å². The summed E-state index contributed by atoms with van der Waals surface area (Å²) in [5, 5.41) is 3.44. The lowest BCUT2D eigenvalue weighted by Gasteiger charge is -2.31. The minimum absolute atomic E-state index is 0.0868. The van der Waals surface area contributed by atoms with Gasteiger partial charge in [-0.3, -0.25) is 0 Å². The standard InChI is InChI=1S/C13H24F3NO/c1-12(2,3)10(8-17-11-4-5-11)6-7-18-9-13(14,15)16/h10-11,17H,4-9H2,1-3H3.